The van der Waals surface area contributed by atoms with Crippen LogP contribution in [0.1, 0.15) is 31.0 Å². The predicted molar refractivity (Wildman–Crippen MR) is 112 cm³/mol. The molecular weight excluding hydrogens is 389 g/mol. The third-order valence-corrected chi connectivity index (χ3v) is 4.37. The van der Waals surface area contributed by atoms with E-state index < -0.39 is 5.97 Å². The number of benzene rings is 2. The van der Waals surface area contributed by atoms with Gasteiger partial charge in [0.25, 0.3) is 5.91 Å². The molecule has 0 bridgehead atoms. The van der Waals surface area contributed by atoms with Gasteiger partial charge in [-0.15, -0.1) is 0 Å². The normalized spacial score (nSPS) is 11.9. The van der Waals surface area contributed by atoms with Crippen molar-refractivity contribution >= 4 is 18.0 Å². The van der Waals surface area contributed by atoms with Crippen LogP contribution in [-0.4, -0.2) is 32.7 Å². The molecule has 1 atom stereocenters. The standard InChI is InChI=1S/C23H26FNO5/c1-15(2)23(17-7-9-18(24)10-8-17)25-21(26)14-30-19-11-5-16(13-20(19)28-3)6-12-22(27)29-4/h5-13,15,23H,14H2,1-4H3,(H,25,26)/b12-6+. The smallest absolute Gasteiger partial charge is 0.330 e. The van der Waals surface area contributed by atoms with Crippen LogP contribution in [0, 0.1) is 11.7 Å². The van der Waals surface area contributed by atoms with E-state index in [1.807, 2.05) is 13.8 Å². The maximum Gasteiger partial charge on any atom is 0.330 e. The molecule has 1 amide bonds. The third-order valence-electron chi connectivity index (χ3n) is 4.37. The van der Waals surface area contributed by atoms with Gasteiger partial charge < -0.3 is 19.5 Å². The molecule has 160 valence electrons. The van der Waals surface area contributed by atoms with E-state index in [1.54, 1.807) is 36.4 Å². The highest BCUT2D eigenvalue weighted by atomic mass is 19.1. The molecule has 0 heterocycles. The minimum atomic E-state index is -0.466. The number of ether oxygens (including phenoxy) is 3. The van der Waals surface area contributed by atoms with Crippen molar-refractivity contribution in [1.29, 1.82) is 0 Å². The first-order valence-electron chi connectivity index (χ1n) is 9.45. The number of carbonyl (C=O) groups is 2. The van der Waals surface area contributed by atoms with Gasteiger partial charge in [-0.25, -0.2) is 9.18 Å². The molecule has 30 heavy (non-hydrogen) atoms. The molecule has 1 N–H and O–H groups in total. The van der Waals surface area contributed by atoms with Crippen molar-refractivity contribution in [2.45, 2.75) is 19.9 Å². The Kier molecular flexibility index (Phi) is 8.41. The second kappa shape index (κ2) is 11.0. The van der Waals surface area contributed by atoms with E-state index in [0.717, 1.165) is 5.56 Å². The van der Waals surface area contributed by atoms with Gasteiger partial charge in [-0.1, -0.05) is 32.0 Å². The van der Waals surface area contributed by atoms with Gasteiger partial charge in [-0.3, -0.25) is 4.79 Å². The fourth-order valence-electron chi connectivity index (χ4n) is 2.80. The number of amides is 1. The molecule has 6 nitrogen and oxygen atoms in total. The van der Waals surface area contributed by atoms with E-state index in [9.17, 15) is 14.0 Å². The average molecular weight is 415 g/mol. The lowest BCUT2D eigenvalue weighted by atomic mass is 9.96. The summed E-state index contributed by atoms with van der Waals surface area (Å²) in [4.78, 5) is 23.6. The van der Waals surface area contributed by atoms with E-state index in [0.29, 0.717) is 17.1 Å². The van der Waals surface area contributed by atoms with Gasteiger partial charge in [0.1, 0.15) is 5.82 Å². The van der Waals surface area contributed by atoms with Crippen molar-refractivity contribution in [1.82, 2.24) is 5.32 Å². The fraction of sp³-hybridized carbons (Fsp3) is 0.304. The molecule has 2 aromatic rings. The Hall–Kier alpha value is -3.35. The number of nitrogens with one attached hydrogen (secondary N) is 1. The summed E-state index contributed by atoms with van der Waals surface area (Å²) in [6.07, 6.45) is 2.88. The summed E-state index contributed by atoms with van der Waals surface area (Å²) >= 11 is 0. The van der Waals surface area contributed by atoms with Crippen LogP contribution in [0.4, 0.5) is 4.39 Å². The summed E-state index contributed by atoms with van der Waals surface area (Å²) in [7, 11) is 2.79. The average Bonchev–Trinajstić information content (AvgIpc) is 2.75. The minimum absolute atomic E-state index is 0.106. The molecule has 0 aromatic heterocycles. The van der Waals surface area contributed by atoms with Gasteiger partial charge in [-0.2, -0.15) is 0 Å². The van der Waals surface area contributed by atoms with Crippen LogP contribution >= 0.6 is 0 Å². The van der Waals surface area contributed by atoms with Crippen LogP contribution in [0.15, 0.2) is 48.5 Å². The topological polar surface area (TPSA) is 73.9 Å². The highest BCUT2D eigenvalue weighted by molar-refractivity contribution is 5.87. The van der Waals surface area contributed by atoms with Gasteiger partial charge >= 0.3 is 5.97 Å². The summed E-state index contributed by atoms with van der Waals surface area (Å²) in [6, 6.07) is 10.9. The summed E-state index contributed by atoms with van der Waals surface area (Å²) in [5.74, 6) is -0.177. The molecule has 0 radical (unpaired) electrons. The lowest BCUT2D eigenvalue weighted by molar-refractivity contribution is -0.134. The van der Waals surface area contributed by atoms with Gasteiger partial charge in [-0.05, 0) is 47.4 Å². The second-order valence-electron chi connectivity index (χ2n) is 6.90. The van der Waals surface area contributed by atoms with Crippen molar-refractivity contribution in [3.63, 3.8) is 0 Å². The molecule has 0 fully saturated rings. The van der Waals surface area contributed by atoms with Gasteiger partial charge in [0, 0.05) is 6.08 Å². The monoisotopic (exact) mass is 415 g/mol. The molecule has 1 unspecified atom stereocenters. The first-order valence-corrected chi connectivity index (χ1v) is 9.45. The Labute approximate surface area is 175 Å². The van der Waals surface area contributed by atoms with Gasteiger partial charge in [0.15, 0.2) is 18.1 Å². The zero-order valence-corrected chi connectivity index (χ0v) is 17.5. The third kappa shape index (κ3) is 6.62. The molecule has 7 heteroatoms. The molecule has 0 saturated carbocycles. The maximum atomic E-state index is 13.2. The van der Waals surface area contributed by atoms with E-state index >= 15 is 0 Å². The van der Waals surface area contributed by atoms with Crippen LogP contribution in [0.2, 0.25) is 0 Å². The predicted octanol–water partition coefficient (Wildman–Crippen LogP) is 3.91. The highest BCUT2D eigenvalue weighted by Gasteiger charge is 2.19. The Morgan fingerprint density at radius 3 is 2.37 bits per heavy atom. The van der Waals surface area contributed by atoms with Gasteiger partial charge in [0.2, 0.25) is 0 Å². The van der Waals surface area contributed by atoms with Gasteiger partial charge in [0.05, 0.1) is 20.3 Å². The second-order valence-corrected chi connectivity index (χ2v) is 6.90. The van der Waals surface area contributed by atoms with Crippen LogP contribution in [-0.2, 0) is 14.3 Å². The number of carbonyl (C=O) groups excluding carboxylic acids is 2. The number of hydrogen-bond acceptors (Lipinski definition) is 5. The summed E-state index contributed by atoms with van der Waals surface area (Å²) in [6.45, 7) is 3.73. The van der Waals surface area contributed by atoms with Crippen molar-refractivity contribution in [2.75, 3.05) is 20.8 Å². The van der Waals surface area contributed by atoms with Crippen molar-refractivity contribution in [3.8, 4) is 11.5 Å². The summed E-state index contributed by atoms with van der Waals surface area (Å²) in [5, 5.41) is 2.92. The Morgan fingerprint density at radius 1 is 1.07 bits per heavy atom. The molecule has 0 saturated heterocycles. The van der Waals surface area contributed by atoms with Crippen molar-refractivity contribution < 1.29 is 28.2 Å². The zero-order valence-electron chi connectivity index (χ0n) is 17.5. The minimum Gasteiger partial charge on any atom is -0.493 e. The Balaban J connectivity index is 2.02. The lowest BCUT2D eigenvalue weighted by Crippen LogP contribution is -2.35. The number of halogens is 1. The van der Waals surface area contributed by atoms with Crippen molar-refractivity contribution in [3.05, 3.63) is 65.5 Å². The van der Waals surface area contributed by atoms with Crippen molar-refractivity contribution in [2.24, 2.45) is 5.92 Å². The number of esters is 1. The Bertz CT molecular complexity index is 893. The SMILES string of the molecule is COC(=O)/C=C/c1ccc(OCC(=O)NC(c2ccc(F)cc2)C(C)C)c(OC)c1. The maximum absolute atomic E-state index is 13.2. The largest absolute Gasteiger partial charge is 0.493 e. The summed E-state index contributed by atoms with van der Waals surface area (Å²) in [5.41, 5.74) is 1.53. The molecule has 2 rings (SSSR count). The van der Waals surface area contributed by atoms with E-state index in [4.69, 9.17) is 9.47 Å². The summed E-state index contributed by atoms with van der Waals surface area (Å²) < 4.78 is 28.7. The molecule has 2 aromatic carbocycles. The number of hydrogen-bond donors (Lipinski definition) is 1. The molecule has 0 aliphatic rings. The molecule has 0 aliphatic carbocycles. The Morgan fingerprint density at radius 2 is 1.77 bits per heavy atom. The first kappa shape index (κ1) is 22.9. The van der Waals surface area contributed by atoms with E-state index in [-0.39, 0.29) is 30.3 Å². The molecule has 0 aliphatic heterocycles. The van der Waals surface area contributed by atoms with Crippen LogP contribution in [0.25, 0.3) is 6.08 Å². The van der Waals surface area contributed by atoms with E-state index in [2.05, 4.69) is 10.1 Å². The molecular formula is C23H26FNO5. The highest BCUT2D eigenvalue weighted by Crippen LogP contribution is 2.29. The van der Waals surface area contributed by atoms with Crippen LogP contribution in [0.3, 0.4) is 0 Å². The number of rotatable bonds is 9. The number of methoxy groups -OCH3 is 2. The first-order chi connectivity index (χ1) is 14.3. The van der Waals surface area contributed by atoms with Crippen LogP contribution < -0.4 is 14.8 Å². The van der Waals surface area contributed by atoms with Crippen LogP contribution in [0.5, 0.6) is 11.5 Å². The quantitative estimate of drug-likeness (QED) is 0.497. The fourth-order valence-corrected chi connectivity index (χ4v) is 2.80. The zero-order chi connectivity index (χ0) is 22.1. The molecule has 0 spiro atoms. The van der Waals surface area contributed by atoms with E-state index in [1.165, 1.54) is 32.4 Å². The lowest BCUT2D eigenvalue weighted by Gasteiger charge is -2.23.